The number of hydrogen-bond acceptors (Lipinski definition) is 2. The van der Waals surface area contributed by atoms with Crippen LogP contribution in [0.5, 0.6) is 0 Å². The van der Waals surface area contributed by atoms with Crippen LogP contribution in [0.3, 0.4) is 0 Å². The molecule has 0 aliphatic carbocycles. The van der Waals surface area contributed by atoms with Crippen molar-refractivity contribution >= 4 is 27.5 Å². The van der Waals surface area contributed by atoms with E-state index in [1.165, 1.54) is 6.26 Å². The molecule has 3 nitrogen and oxygen atoms in total. The molecule has 1 N–H and O–H groups in total. The number of carbonyl (C=O) groups is 1. The molecule has 0 aliphatic rings. The van der Waals surface area contributed by atoms with Crippen molar-refractivity contribution in [3.05, 3.63) is 52.4 Å². The van der Waals surface area contributed by atoms with E-state index in [4.69, 9.17) is 4.42 Å². The fourth-order valence-corrected chi connectivity index (χ4v) is 2.20. The maximum Gasteiger partial charge on any atom is 0.260 e. The van der Waals surface area contributed by atoms with Crippen molar-refractivity contribution in [1.82, 2.24) is 0 Å². The molecule has 94 valence electrons. The fourth-order valence-electron chi connectivity index (χ4n) is 1.77. The maximum atomic E-state index is 12.1. The predicted molar refractivity (Wildman–Crippen MR) is 74.8 cm³/mol. The lowest BCUT2D eigenvalue weighted by Crippen LogP contribution is -2.12. The van der Waals surface area contributed by atoms with Crippen LogP contribution in [0.1, 0.15) is 29.3 Å². The highest BCUT2D eigenvalue weighted by atomic mass is 79.9. The van der Waals surface area contributed by atoms with Crippen LogP contribution in [-0.4, -0.2) is 5.91 Å². The van der Waals surface area contributed by atoms with Gasteiger partial charge < -0.3 is 9.73 Å². The van der Waals surface area contributed by atoms with E-state index in [0.717, 1.165) is 24.1 Å². The zero-order valence-electron chi connectivity index (χ0n) is 10.1. The number of carbonyl (C=O) groups excluding carboxylic acids is 1. The molecule has 0 radical (unpaired) electrons. The van der Waals surface area contributed by atoms with Gasteiger partial charge in [0.05, 0.1) is 11.8 Å². The van der Waals surface area contributed by atoms with Crippen molar-refractivity contribution in [2.24, 2.45) is 0 Å². The highest BCUT2D eigenvalue weighted by molar-refractivity contribution is 9.10. The van der Waals surface area contributed by atoms with Crippen LogP contribution in [0.15, 0.2) is 45.7 Å². The zero-order valence-corrected chi connectivity index (χ0v) is 11.7. The second-order valence-electron chi connectivity index (χ2n) is 3.97. The standard InChI is InChI=1S/C14H14BrNO2/c1-2-5-10-6-3-4-7-12(10)16-14(17)11-8-9-18-13(11)15/h3-4,6-9H,2,5H2,1H3,(H,16,17). The molecule has 1 heterocycles. The molecule has 0 spiro atoms. The molecule has 2 aromatic rings. The minimum atomic E-state index is -0.167. The molecule has 2 rings (SSSR count). The summed E-state index contributed by atoms with van der Waals surface area (Å²) < 4.78 is 5.51. The van der Waals surface area contributed by atoms with Gasteiger partial charge in [-0.3, -0.25) is 4.79 Å². The number of benzene rings is 1. The molecule has 1 aromatic carbocycles. The summed E-state index contributed by atoms with van der Waals surface area (Å²) in [6.45, 7) is 2.12. The molecular weight excluding hydrogens is 294 g/mol. The molecule has 0 bridgehead atoms. The number of nitrogens with one attached hydrogen (secondary N) is 1. The van der Waals surface area contributed by atoms with E-state index in [-0.39, 0.29) is 5.91 Å². The molecule has 0 aliphatic heterocycles. The van der Waals surface area contributed by atoms with Gasteiger partial charge in [0.2, 0.25) is 0 Å². The molecule has 4 heteroatoms. The van der Waals surface area contributed by atoms with E-state index in [0.29, 0.717) is 10.2 Å². The summed E-state index contributed by atoms with van der Waals surface area (Å²) >= 11 is 3.20. The van der Waals surface area contributed by atoms with Crippen molar-refractivity contribution in [3.8, 4) is 0 Å². The lowest BCUT2D eigenvalue weighted by Gasteiger charge is -2.09. The van der Waals surface area contributed by atoms with Gasteiger partial charge in [-0.25, -0.2) is 0 Å². The average Bonchev–Trinajstić information content (AvgIpc) is 2.78. The molecule has 0 saturated carbocycles. The van der Waals surface area contributed by atoms with Gasteiger partial charge in [-0.1, -0.05) is 31.5 Å². The van der Waals surface area contributed by atoms with Crippen molar-refractivity contribution in [1.29, 1.82) is 0 Å². The third-order valence-electron chi connectivity index (χ3n) is 2.65. The Morgan fingerprint density at radius 2 is 2.11 bits per heavy atom. The molecular formula is C14H14BrNO2. The largest absolute Gasteiger partial charge is 0.457 e. The molecule has 0 unspecified atom stereocenters. The second kappa shape index (κ2) is 5.87. The quantitative estimate of drug-likeness (QED) is 0.917. The number of halogens is 1. The lowest BCUT2D eigenvalue weighted by atomic mass is 10.1. The van der Waals surface area contributed by atoms with E-state index in [2.05, 4.69) is 28.2 Å². The highest BCUT2D eigenvalue weighted by Crippen LogP contribution is 2.21. The van der Waals surface area contributed by atoms with E-state index in [9.17, 15) is 4.79 Å². The summed E-state index contributed by atoms with van der Waals surface area (Å²) in [4.78, 5) is 12.1. The van der Waals surface area contributed by atoms with Crippen LogP contribution in [0, 0.1) is 0 Å². The number of aryl methyl sites for hydroxylation is 1. The molecule has 1 amide bonds. The second-order valence-corrected chi connectivity index (χ2v) is 4.69. The van der Waals surface area contributed by atoms with Gasteiger partial charge in [0, 0.05) is 5.69 Å². The Kier molecular flexibility index (Phi) is 4.20. The van der Waals surface area contributed by atoms with Gasteiger partial charge in [0.15, 0.2) is 4.67 Å². The Morgan fingerprint density at radius 3 is 2.78 bits per heavy atom. The van der Waals surface area contributed by atoms with Gasteiger partial charge in [0.1, 0.15) is 0 Å². The first-order chi connectivity index (χ1) is 8.72. The molecule has 0 atom stereocenters. The van der Waals surface area contributed by atoms with Crippen LogP contribution in [0.4, 0.5) is 5.69 Å². The fraction of sp³-hybridized carbons (Fsp3) is 0.214. The Balaban J connectivity index is 2.19. The van der Waals surface area contributed by atoms with Crippen LogP contribution in [0.25, 0.3) is 0 Å². The molecule has 0 saturated heterocycles. The summed E-state index contributed by atoms with van der Waals surface area (Å²) in [7, 11) is 0. The number of amides is 1. The minimum absolute atomic E-state index is 0.167. The zero-order chi connectivity index (χ0) is 13.0. The van der Waals surface area contributed by atoms with Crippen molar-refractivity contribution in [2.45, 2.75) is 19.8 Å². The van der Waals surface area contributed by atoms with Crippen molar-refractivity contribution < 1.29 is 9.21 Å². The Hall–Kier alpha value is -1.55. The van der Waals surface area contributed by atoms with Gasteiger partial charge in [0.25, 0.3) is 5.91 Å². The molecule has 18 heavy (non-hydrogen) atoms. The Labute approximate surface area is 114 Å². The summed E-state index contributed by atoms with van der Waals surface area (Å²) in [5.41, 5.74) is 2.51. The Bertz CT molecular complexity index is 548. The minimum Gasteiger partial charge on any atom is -0.457 e. The van der Waals surface area contributed by atoms with E-state index in [1.807, 2.05) is 24.3 Å². The van der Waals surface area contributed by atoms with Crippen molar-refractivity contribution in [2.75, 3.05) is 5.32 Å². The van der Waals surface area contributed by atoms with E-state index in [1.54, 1.807) is 6.07 Å². The third-order valence-corrected chi connectivity index (χ3v) is 3.26. The number of anilines is 1. The van der Waals surface area contributed by atoms with Crippen LogP contribution in [-0.2, 0) is 6.42 Å². The van der Waals surface area contributed by atoms with Gasteiger partial charge in [-0.2, -0.15) is 0 Å². The smallest absolute Gasteiger partial charge is 0.260 e. The summed E-state index contributed by atoms with van der Waals surface area (Å²) in [5.74, 6) is -0.167. The van der Waals surface area contributed by atoms with Gasteiger partial charge >= 0.3 is 0 Å². The first kappa shape index (κ1) is 12.9. The average molecular weight is 308 g/mol. The van der Waals surface area contributed by atoms with Crippen LogP contribution in [0.2, 0.25) is 0 Å². The van der Waals surface area contributed by atoms with E-state index >= 15 is 0 Å². The highest BCUT2D eigenvalue weighted by Gasteiger charge is 2.13. The van der Waals surface area contributed by atoms with Crippen LogP contribution < -0.4 is 5.32 Å². The monoisotopic (exact) mass is 307 g/mol. The molecule has 0 fully saturated rings. The number of furan rings is 1. The lowest BCUT2D eigenvalue weighted by molar-refractivity contribution is 0.102. The summed E-state index contributed by atoms with van der Waals surface area (Å²) in [6, 6.07) is 9.48. The van der Waals surface area contributed by atoms with Crippen molar-refractivity contribution in [3.63, 3.8) is 0 Å². The molecule has 1 aromatic heterocycles. The number of hydrogen-bond donors (Lipinski definition) is 1. The van der Waals surface area contributed by atoms with Crippen LogP contribution >= 0.6 is 15.9 Å². The number of para-hydroxylation sites is 1. The third kappa shape index (κ3) is 2.82. The number of rotatable bonds is 4. The maximum absolute atomic E-state index is 12.1. The SMILES string of the molecule is CCCc1ccccc1NC(=O)c1ccoc1Br. The normalized spacial score (nSPS) is 10.3. The first-order valence-electron chi connectivity index (χ1n) is 5.84. The van der Waals surface area contributed by atoms with Gasteiger partial charge in [-0.05, 0) is 40.0 Å². The Morgan fingerprint density at radius 1 is 1.33 bits per heavy atom. The van der Waals surface area contributed by atoms with E-state index < -0.39 is 0 Å². The predicted octanol–water partition coefficient (Wildman–Crippen LogP) is 4.25. The summed E-state index contributed by atoms with van der Waals surface area (Å²) in [6.07, 6.45) is 3.47. The van der Waals surface area contributed by atoms with Gasteiger partial charge in [-0.15, -0.1) is 0 Å². The summed E-state index contributed by atoms with van der Waals surface area (Å²) in [5, 5.41) is 2.91. The topological polar surface area (TPSA) is 42.2 Å². The first-order valence-corrected chi connectivity index (χ1v) is 6.64.